The highest BCUT2D eigenvalue weighted by Crippen LogP contribution is 2.31. The van der Waals surface area contributed by atoms with Gasteiger partial charge in [-0.2, -0.15) is 18.2 Å². The number of alkyl halides is 3. The summed E-state index contributed by atoms with van der Waals surface area (Å²) in [4.78, 5) is 22.0. The zero-order chi connectivity index (χ0) is 23.0. The average Bonchev–Trinajstić information content (AvgIpc) is 3.39. The lowest BCUT2D eigenvalue weighted by atomic mass is 10.1. The van der Waals surface area contributed by atoms with E-state index in [4.69, 9.17) is 4.52 Å². The molecule has 12 heteroatoms. The molecule has 0 radical (unpaired) electrons. The van der Waals surface area contributed by atoms with Gasteiger partial charge in [0.2, 0.25) is 11.7 Å². The lowest BCUT2D eigenvalue weighted by molar-refractivity contribution is -0.137. The molecule has 0 spiro atoms. The first-order chi connectivity index (χ1) is 15.9. The van der Waals surface area contributed by atoms with Gasteiger partial charge in [-0.25, -0.2) is 18.9 Å². The third kappa shape index (κ3) is 4.37. The molecule has 0 unspecified atom stereocenters. The number of nitrogens with zero attached hydrogens (tertiary/aromatic N) is 6. The summed E-state index contributed by atoms with van der Waals surface area (Å²) in [6, 6.07) is 15.9. The highest BCUT2D eigenvalue weighted by atomic mass is 32.2. The van der Waals surface area contributed by atoms with Gasteiger partial charge in [0.25, 0.3) is 0 Å². The van der Waals surface area contributed by atoms with Crippen molar-refractivity contribution in [3.63, 3.8) is 0 Å². The molecule has 0 saturated heterocycles. The highest BCUT2D eigenvalue weighted by molar-refractivity contribution is 7.99. The van der Waals surface area contributed by atoms with E-state index in [0.29, 0.717) is 10.7 Å². The molecule has 5 rings (SSSR count). The summed E-state index contributed by atoms with van der Waals surface area (Å²) < 4.78 is 46.4. The minimum absolute atomic E-state index is 0.0175. The molecule has 0 N–H and O–H groups in total. The monoisotopic (exact) mass is 470 g/mol. The van der Waals surface area contributed by atoms with Crippen molar-refractivity contribution in [3.8, 4) is 11.4 Å². The van der Waals surface area contributed by atoms with E-state index in [2.05, 4.69) is 20.2 Å². The van der Waals surface area contributed by atoms with E-state index < -0.39 is 17.4 Å². The van der Waals surface area contributed by atoms with Crippen LogP contribution in [0, 0.1) is 0 Å². The standard InChI is InChI=1S/C21H13F3N6O2S/c22-21(23,24)14-6-4-5-13(9-14)19-26-17(32-28-19)11-30-20(31)29-12-25-18(10-16(29)27-30)33-15-7-2-1-3-8-15/h1-10,12H,11H2. The first kappa shape index (κ1) is 20.9. The Morgan fingerprint density at radius 1 is 1.03 bits per heavy atom. The molecule has 3 aromatic heterocycles. The highest BCUT2D eigenvalue weighted by Gasteiger charge is 2.30. The van der Waals surface area contributed by atoms with Gasteiger partial charge in [-0.05, 0) is 24.3 Å². The second-order valence-corrected chi connectivity index (χ2v) is 7.99. The lowest BCUT2D eigenvalue weighted by Gasteiger charge is -2.06. The molecule has 8 nitrogen and oxygen atoms in total. The SMILES string of the molecule is O=c1n(Cc2nc(-c3cccc(C(F)(F)F)c3)no2)nc2cc(Sc3ccccc3)ncn12. The number of aromatic nitrogens is 6. The van der Waals surface area contributed by atoms with E-state index in [1.54, 1.807) is 6.07 Å². The number of rotatable bonds is 5. The minimum atomic E-state index is -4.49. The van der Waals surface area contributed by atoms with E-state index in [1.165, 1.54) is 34.6 Å². The van der Waals surface area contributed by atoms with Crippen LogP contribution < -0.4 is 5.69 Å². The fraction of sp³-hybridized carbons (Fsp3) is 0.0952. The molecule has 0 saturated carbocycles. The maximum atomic E-state index is 13.0. The maximum Gasteiger partial charge on any atom is 0.416 e. The Labute approximate surface area is 187 Å². The van der Waals surface area contributed by atoms with Gasteiger partial charge in [-0.15, -0.1) is 5.10 Å². The summed E-state index contributed by atoms with van der Waals surface area (Å²) >= 11 is 1.43. The predicted molar refractivity (Wildman–Crippen MR) is 112 cm³/mol. The van der Waals surface area contributed by atoms with Gasteiger partial charge in [0.05, 0.1) is 5.56 Å². The lowest BCUT2D eigenvalue weighted by Crippen LogP contribution is -2.21. The normalized spacial score (nSPS) is 11.8. The van der Waals surface area contributed by atoms with Gasteiger partial charge < -0.3 is 4.52 Å². The quantitative estimate of drug-likeness (QED) is 0.356. The number of halogens is 3. The van der Waals surface area contributed by atoms with Crippen LogP contribution in [0.1, 0.15) is 11.5 Å². The van der Waals surface area contributed by atoms with Crippen molar-refractivity contribution in [2.24, 2.45) is 0 Å². The van der Waals surface area contributed by atoms with Crippen molar-refractivity contribution < 1.29 is 17.7 Å². The molecular formula is C21H13F3N6O2S. The second-order valence-electron chi connectivity index (χ2n) is 6.90. The van der Waals surface area contributed by atoms with Gasteiger partial charge >= 0.3 is 11.9 Å². The molecule has 166 valence electrons. The smallest absolute Gasteiger partial charge is 0.337 e. The van der Waals surface area contributed by atoms with E-state index in [9.17, 15) is 18.0 Å². The van der Waals surface area contributed by atoms with Crippen molar-refractivity contribution >= 4 is 17.4 Å². The molecule has 0 aliphatic rings. The molecule has 0 atom stereocenters. The van der Waals surface area contributed by atoms with Gasteiger partial charge in [0, 0.05) is 16.5 Å². The maximum absolute atomic E-state index is 13.0. The van der Waals surface area contributed by atoms with Crippen molar-refractivity contribution in [3.05, 3.63) is 88.9 Å². The Bertz CT molecular complexity index is 1490. The summed E-state index contributed by atoms with van der Waals surface area (Å²) in [6.07, 6.45) is -3.10. The molecule has 0 amide bonds. The van der Waals surface area contributed by atoms with E-state index in [0.717, 1.165) is 21.7 Å². The van der Waals surface area contributed by atoms with Crippen LogP contribution in [0.15, 0.2) is 86.2 Å². The fourth-order valence-electron chi connectivity index (χ4n) is 3.07. The Kier molecular flexibility index (Phi) is 5.21. The van der Waals surface area contributed by atoms with Crippen LogP contribution in [-0.2, 0) is 12.7 Å². The first-order valence-corrected chi connectivity index (χ1v) is 10.4. The molecule has 0 aliphatic heterocycles. The van der Waals surface area contributed by atoms with Crippen molar-refractivity contribution in [2.45, 2.75) is 22.6 Å². The summed E-state index contributed by atoms with van der Waals surface area (Å²) in [5.41, 5.74) is -0.757. The van der Waals surface area contributed by atoms with Gasteiger partial charge in [-0.3, -0.25) is 0 Å². The van der Waals surface area contributed by atoms with E-state index in [-0.39, 0.29) is 23.8 Å². The van der Waals surface area contributed by atoms with Crippen LogP contribution in [0.4, 0.5) is 13.2 Å². The molecule has 33 heavy (non-hydrogen) atoms. The van der Waals surface area contributed by atoms with Crippen LogP contribution in [0.2, 0.25) is 0 Å². The van der Waals surface area contributed by atoms with Crippen molar-refractivity contribution in [1.29, 1.82) is 0 Å². The Hall–Kier alpha value is -3.93. The van der Waals surface area contributed by atoms with Crippen molar-refractivity contribution in [1.82, 2.24) is 29.3 Å². The van der Waals surface area contributed by atoms with Crippen molar-refractivity contribution in [2.75, 3.05) is 0 Å². The Morgan fingerprint density at radius 3 is 2.64 bits per heavy atom. The van der Waals surface area contributed by atoms with E-state index in [1.807, 2.05) is 30.3 Å². The summed E-state index contributed by atoms with van der Waals surface area (Å²) in [7, 11) is 0. The van der Waals surface area contributed by atoms with Gasteiger partial charge in [0.15, 0.2) is 5.65 Å². The number of hydrogen-bond donors (Lipinski definition) is 0. The first-order valence-electron chi connectivity index (χ1n) is 9.55. The zero-order valence-electron chi connectivity index (χ0n) is 16.6. The van der Waals surface area contributed by atoms with Crippen LogP contribution in [-0.4, -0.2) is 29.3 Å². The zero-order valence-corrected chi connectivity index (χ0v) is 17.4. The van der Waals surface area contributed by atoms with Crippen LogP contribution in [0.5, 0.6) is 0 Å². The summed E-state index contributed by atoms with van der Waals surface area (Å²) in [6.45, 7) is -0.145. The van der Waals surface area contributed by atoms with Crippen LogP contribution >= 0.6 is 11.8 Å². The molecule has 2 aromatic carbocycles. The second kappa shape index (κ2) is 8.20. The average molecular weight is 470 g/mol. The Balaban J connectivity index is 1.39. The third-order valence-electron chi connectivity index (χ3n) is 4.62. The summed E-state index contributed by atoms with van der Waals surface area (Å²) in [5.74, 6) is 0.0101. The van der Waals surface area contributed by atoms with Gasteiger partial charge in [-0.1, -0.05) is 47.3 Å². The number of fused-ring (bicyclic) bond motifs is 1. The minimum Gasteiger partial charge on any atom is -0.337 e. The van der Waals surface area contributed by atoms with Crippen LogP contribution in [0.25, 0.3) is 17.0 Å². The molecule has 5 aromatic rings. The molecule has 0 fully saturated rings. The Morgan fingerprint density at radius 2 is 1.85 bits per heavy atom. The largest absolute Gasteiger partial charge is 0.416 e. The van der Waals surface area contributed by atoms with Crippen LogP contribution in [0.3, 0.4) is 0 Å². The van der Waals surface area contributed by atoms with E-state index >= 15 is 0 Å². The molecule has 3 heterocycles. The molecule has 0 aliphatic carbocycles. The predicted octanol–water partition coefficient (Wildman–Crippen LogP) is 4.16. The molecule has 0 bridgehead atoms. The third-order valence-corrected chi connectivity index (χ3v) is 5.56. The fourth-order valence-corrected chi connectivity index (χ4v) is 3.87. The van der Waals surface area contributed by atoms with Gasteiger partial charge in [0.1, 0.15) is 17.9 Å². The summed E-state index contributed by atoms with van der Waals surface area (Å²) in [5, 5.41) is 8.67. The number of benzene rings is 2. The number of hydrogen-bond acceptors (Lipinski definition) is 7. The molecular weight excluding hydrogens is 457 g/mol. The topological polar surface area (TPSA) is 91.1 Å².